The summed E-state index contributed by atoms with van der Waals surface area (Å²) in [4.78, 5) is 4.46. The molecule has 0 unspecified atom stereocenters. The first-order valence-electron chi connectivity index (χ1n) is 17.7. The Bertz CT molecular complexity index is 2550. The van der Waals surface area contributed by atoms with E-state index in [0.29, 0.717) is 22.3 Å². The minimum absolute atomic E-state index is 0.00415. The molecule has 0 fully saturated rings. The summed E-state index contributed by atoms with van der Waals surface area (Å²) in [6.45, 7) is -2.41. The van der Waals surface area contributed by atoms with Crippen molar-refractivity contribution in [1.29, 1.82) is 0 Å². The van der Waals surface area contributed by atoms with E-state index in [1.165, 1.54) is 0 Å². The summed E-state index contributed by atoms with van der Waals surface area (Å²) in [7, 11) is 0. The van der Waals surface area contributed by atoms with Crippen LogP contribution in [0, 0.1) is 6.85 Å². The summed E-state index contributed by atoms with van der Waals surface area (Å²) >= 11 is 0. The highest BCUT2D eigenvalue weighted by Crippen LogP contribution is 2.46. The molecule has 2 nitrogen and oxygen atoms in total. The minimum Gasteiger partial charge on any atom is -0.297 e. The molecule has 0 bridgehead atoms. The fourth-order valence-corrected chi connectivity index (χ4v) is 6.10. The van der Waals surface area contributed by atoms with Gasteiger partial charge in [0.1, 0.15) is 5.82 Å². The lowest BCUT2D eigenvalue weighted by atomic mass is 9.84. The van der Waals surface area contributed by atoms with Crippen LogP contribution < -0.4 is 0 Å². The SMILES string of the molecule is [2H]c1c([2H])c([2H])c(-c2ccccc2-c2c3ccccc3c(-c3ccc(-n4c(C([2H])([2H])[2H])nc5ccccc54)cc3)c3ccccc23)c([2H])c1[2H]. The van der Waals surface area contributed by atoms with Gasteiger partial charge in [0, 0.05) is 9.80 Å². The number of imidazole rings is 1. The van der Waals surface area contributed by atoms with E-state index < -0.39 is 12.9 Å². The van der Waals surface area contributed by atoms with Crippen LogP contribution in [0.1, 0.15) is 16.8 Å². The first kappa shape index (κ1) is 17.4. The van der Waals surface area contributed by atoms with E-state index in [2.05, 4.69) is 17.1 Å². The molecular formula is C40H28N2. The van der Waals surface area contributed by atoms with E-state index >= 15 is 0 Å². The molecule has 198 valence electrons. The summed E-state index contributed by atoms with van der Waals surface area (Å²) in [6, 6.07) is 37.2. The standard InChI is InChI=1S/C40H28N2/c1-27-41-37-21-11-12-22-38(37)42(27)30-25-23-29(24-26-30)39-33-17-7-9-19-35(33)40(36-20-10-8-18-34(36)39)32-16-6-5-15-31(32)28-13-3-2-4-14-28/h2-26H,1H3/i1D3,2D,3D,4D,13D,14D. The average Bonchev–Trinajstić information content (AvgIpc) is 3.53. The fourth-order valence-electron chi connectivity index (χ4n) is 6.10. The second-order valence-corrected chi connectivity index (χ2v) is 10.2. The van der Waals surface area contributed by atoms with Crippen molar-refractivity contribution in [2.24, 2.45) is 0 Å². The van der Waals surface area contributed by atoms with Gasteiger partial charge in [-0.3, -0.25) is 4.57 Å². The molecule has 8 rings (SSSR count). The molecule has 0 saturated heterocycles. The maximum absolute atomic E-state index is 8.76. The van der Waals surface area contributed by atoms with Crippen molar-refractivity contribution in [2.75, 3.05) is 0 Å². The number of aryl methyl sites for hydroxylation is 1. The lowest BCUT2D eigenvalue weighted by Gasteiger charge is -2.20. The number of rotatable bonds is 4. The number of nitrogens with zero attached hydrogens (tertiary/aromatic N) is 2. The average molecular weight is 545 g/mol. The van der Waals surface area contributed by atoms with Gasteiger partial charge in [0.25, 0.3) is 0 Å². The zero-order chi connectivity index (χ0) is 34.9. The van der Waals surface area contributed by atoms with Gasteiger partial charge < -0.3 is 0 Å². The number of benzene rings is 7. The third-order valence-corrected chi connectivity index (χ3v) is 7.87. The first-order chi connectivity index (χ1) is 24.1. The van der Waals surface area contributed by atoms with Gasteiger partial charge in [-0.25, -0.2) is 4.98 Å². The highest BCUT2D eigenvalue weighted by molar-refractivity contribution is 6.22. The third kappa shape index (κ3) is 3.84. The molecule has 0 aliphatic carbocycles. The Morgan fingerprint density at radius 3 is 1.79 bits per heavy atom. The number of aromatic nitrogens is 2. The van der Waals surface area contributed by atoms with Gasteiger partial charge in [-0.2, -0.15) is 0 Å². The van der Waals surface area contributed by atoms with Crippen molar-refractivity contribution in [3.63, 3.8) is 0 Å². The Balaban J connectivity index is 1.38. The van der Waals surface area contributed by atoms with E-state index in [-0.39, 0.29) is 35.6 Å². The Labute approximate surface area is 256 Å². The van der Waals surface area contributed by atoms with Crippen molar-refractivity contribution in [2.45, 2.75) is 6.85 Å². The molecule has 0 saturated carbocycles. The Kier molecular flexibility index (Phi) is 4.08. The molecule has 0 radical (unpaired) electrons. The second kappa shape index (κ2) is 9.87. The van der Waals surface area contributed by atoms with Crippen LogP contribution in [-0.4, -0.2) is 9.55 Å². The van der Waals surface area contributed by atoms with Crippen LogP contribution in [0.15, 0.2) is 152 Å². The van der Waals surface area contributed by atoms with Gasteiger partial charge in [0.2, 0.25) is 0 Å². The summed E-state index contributed by atoms with van der Waals surface area (Å²) < 4.78 is 68.6. The molecule has 7 aromatic carbocycles. The van der Waals surface area contributed by atoms with Crippen molar-refractivity contribution in [1.82, 2.24) is 9.55 Å². The summed E-state index contributed by atoms with van der Waals surface area (Å²) in [5.74, 6) is 0.00415. The van der Waals surface area contributed by atoms with Crippen molar-refractivity contribution < 1.29 is 11.0 Å². The van der Waals surface area contributed by atoms with Crippen LogP contribution in [0.3, 0.4) is 0 Å². The quantitative estimate of drug-likeness (QED) is 0.202. The molecule has 1 aromatic heterocycles. The largest absolute Gasteiger partial charge is 0.297 e. The third-order valence-electron chi connectivity index (χ3n) is 7.87. The smallest absolute Gasteiger partial charge is 0.111 e. The molecule has 0 aliphatic rings. The van der Waals surface area contributed by atoms with E-state index in [4.69, 9.17) is 11.0 Å². The second-order valence-electron chi connectivity index (χ2n) is 10.2. The van der Waals surface area contributed by atoms with Gasteiger partial charge in [0.15, 0.2) is 0 Å². The summed E-state index contributed by atoms with van der Waals surface area (Å²) in [5.41, 5.74) is 6.30. The molecular weight excluding hydrogens is 508 g/mol. The molecule has 0 N–H and O–H groups in total. The predicted molar refractivity (Wildman–Crippen MR) is 177 cm³/mol. The van der Waals surface area contributed by atoms with Crippen molar-refractivity contribution >= 4 is 32.6 Å². The zero-order valence-electron chi connectivity index (χ0n) is 30.4. The van der Waals surface area contributed by atoms with Gasteiger partial charge in [-0.1, -0.05) is 127 Å². The lowest BCUT2D eigenvalue weighted by molar-refractivity contribution is 1.00. The van der Waals surface area contributed by atoms with E-state index in [9.17, 15) is 0 Å². The van der Waals surface area contributed by atoms with E-state index in [0.717, 1.165) is 43.8 Å². The number of fused-ring (bicyclic) bond motifs is 3. The molecule has 2 heteroatoms. The van der Waals surface area contributed by atoms with Gasteiger partial charge in [-0.05, 0) is 86.0 Å². The van der Waals surface area contributed by atoms with Crippen LogP contribution in [0.2, 0.25) is 0 Å². The maximum Gasteiger partial charge on any atom is 0.111 e. The Morgan fingerprint density at radius 1 is 0.548 bits per heavy atom. The van der Waals surface area contributed by atoms with Gasteiger partial charge in [0.05, 0.1) is 17.9 Å². The number of para-hydroxylation sites is 2. The van der Waals surface area contributed by atoms with Crippen LogP contribution in [0.4, 0.5) is 0 Å². The molecule has 0 aliphatic heterocycles. The first-order valence-corrected chi connectivity index (χ1v) is 13.7. The monoisotopic (exact) mass is 544 g/mol. The highest BCUT2D eigenvalue weighted by Gasteiger charge is 2.19. The Hall–Kier alpha value is -5.47. The van der Waals surface area contributed by atoms with Gasteiger partial charge in [-0.15, -0.1) is 0 Å². The maximum atomic E-state index is 8.76. The molecule has 0 atom stereocenters. The normalized spacial score (nSPS) is 14.5. The molecule has 0 spiro atoms. The van der Waals surface area contributed by atoms with Crippen LogP contribution >= 0.6 is 0 Å². The van der Waals surface area contributed by atoms with Crippen LogP contribution in [0.25, 0.3) is 71.6 Å². The Morgan fingerprint density at radius 2 is 1.12 bits per heavy atom. The van der Waals surface area contributed by atoms with E-state index in [1.54, 1.807) is 4.57 Å². The predicted octanol–water partition coefficient (Wildman–Crippen LogP) is 10.6. The van der Waals surface area contributed by atoms with Crippen molar-refractivity contribution in [3.8, 4) is 39.1 Å². The van der Waals surface area contributed by atoms with E-state index in [1.807, 2.05) is 109 Å². The molecule has 42 heavy (non-hydrogen) atoms. The summed E-state index contributed by atoms with van der Waals surface area (Å²) in [6.07, 6.45) is 0. The van der Waals surface area contributed by atoms with Crippen LogP contribution in [0.5, 0.6) is 0 Å². The van der Waals surface area contributed by atoms with Crippen molar-refractivity contribution in [3.05, 3.63) is 157 Å². The molecule has 0 amide bonds. The number of hydrogen-bond acceptors (Lipinski definition) is 1. The topological polar surface area (TPSA) is 17.8 Å². The van der Waals surface area contributed by atoms with Crippen LogP contribution in [-0.2, 0) is 0 Å². The lowest BCUT2D eigenvalue weighted by Crippen LogP contribution is -1.97. The molecule has 1 heterocycles. The minimum atomic E-state index is -2.41. The van der Waals surface area contributed by atoms with Gasteiger partial charge >= 0.3 is 0 Å². The zero-order valence-corrected chi connectivity index (χ0v) is 22.4. The molecule has 8 aromatic rings. The summed E-state index contributed by atoms with van der Waals surface area (Å²) in [5, 5.41) is 3.83. The fraction of sp³-hybridized carbons (Fsp3) is 0.0250. The number of hydrogen-bond donors (Lipinski definition) is 0. The highest BCUT2D eigenvalue weighted by atomic mass is 15.1.